The largest absolute Gasteiger partial charge is 0.573 e. The first-order valence-corrected chi connectivity index (χ1v) is 15.1. The molecule has 0 aliphatic carbocycles. The lowest BCUT2D eigenvalue weighted by atomic mass is 10.1. The number of nitrogens with one attached hydrogen (secondary N) is 1. The minimum atomic E-state index is -4.96. The van der Waals surface area contributed by atoms with Gasteiger partial charge in [0.1, 0.15) is 17.5 Å². The van der Waals surface area contributed by atoms with E-state index in [1.54, 1.807) is 4.90 Å². The lowest BCUT2D eigenvalue weighted by Gasteiger charge is -2.39. The van der Waals surface area contributed by atoms with E-state index >= 15 is 0 Å². The first-order valence-electron chi connectivity index (χ1n) is 12.5. The maximum atomic E-state index is 13.7. The van der Waals surface area contributed by atoms with Gasteiger partial charge in [0.05, 0.1) is 15.8 Å². The smallest absolute Gasteiger partial charge is 0.435 e. The van der Waals surface area contributed by atoms with Gasteiger partial charge in [-0.25, -0.2) is 13.4 Å². The number of aromatic nitrogens is 3. The highest BCUT2D eigenvalue weighted by Crippen LogP contribution is 2.32. The number of amides is 1. The van der Waals surface area contributed by atoms with Crippen molar-refractivity contribution in [1.82, 2.24) is 24.6 Å². The second kappa shape index (κ2) is 12.6. The number of piperazine rings is 1. The molecule has 2 aromatic carbocycles. The monoisotopic (exact) mass is 678 g/mol. The van der Waals surface area contributed by atoms with E-state index in [9.17, 15) is 35.2 Å². The van der Waals surface area contributed by atoms with E-state index in [4.69, 9.17) is 11.6 Å². The molecule has 1 aliphatic rings. The molecule has 19 heteroatoms. The summed E-state index contributed by atoms with van der Waals surface area (Å²) >= 11 is 7.08. The van der Waals surface area contributed by atoms with Gasteiger partial charge in [-0.15, -0.1) is 13.2 Å². The lowest BCUT2D eigenvalue weighted by molar-refractivity contribution is -0.274. The quantitative estimate of drug-likeness (QED) is 0.202. The fourth-order valence-electron chi connectivity index (χ4n) is 4.33. The maximum Gasteiger partial charge on any atom is 0.573 e. The van der Waals surface area contributed by atoms with Gasteiger partial charge in [0.25, 0.3) is 0 Å². The Morgan fingerprint density at radius 1 is 1.07 bits per heavy atom. The predicted molar refractivity (Wildman–Crippen MR) is 148 cm³/mol. The number of carbonyl (C=O) groups excluding carboxylic acids is 1. The molecule has 0 saturated carbocycles. The number of hydrogen-bond acceptors (Lipinski definition) is 10. The minimum absolute atomic E-state index is 0.0111. The van der Waals surface area contributed by atoms with E-state index in [1.165, 1.54) is 41.8 Å². The lowest BCUT2D eigenvalue weighted by Crippen LogP contribution is -2.60. The van der Waals surface area contributed by atoms with E-state index < -0.39 is 40.7 Å². The van der Waals surface area contributed by atoms with Crippen LogP contribution in [0, 0.1) is 0 Å². The van der Waals surface area contributed by atoms with Gasteiger partial charge in [-0.1, -0.05) is 23.5 Å². The van der Waals surface area contributed by atoms with Crippen LogP contribution >= 0.6 is 22.9 Å². The number of benzene rings is 2. The average molecular weight is 679 g/mol. The Balaban J connectivity index is 1.39. The van der Waals surface area contributed by atoms with Crippen molar-refractivity contribution in [3.05, 3.63) is 65.6 Å². The predicted octanol–water partition coefficient (Wildman–Crippen LogP) is 4.44. The number of alkyl halides is 5. The Hall–Kier alpha value is -3.87. The van der Waals surface area contributed by atoms with Crippen LogP contribution in [0.5, 0.6) is 11.5 Å². The summed E-state index contributed by atoms with van der Waals surface area (Å²) in [7, 11) is -4.39. The first-order chi connectivity index (χ1) is 20.8. The third kappa shape index (κ3) is 7.43. The molecule has 1 atom stereocenters. The molecule has 1 amide bonds. The fraction of sp³-hybridized carbons (Fsp3) is 0.280. The van der Waals surface area contributed by atoms with Crippen LogP contribution < -0.4 is 19.7 Å². The molecule has 5 rings (SSSR count). The van der Waals surface area contributed by atoms with Crippen LogP contribution in [0.1, 0.15) is 5.56 Å². The number of nitrogens with zero attached hydrogens (tertiary/aromatic N) is 5. The first kappa shape index (κ1) is 31.6. The van der Waals surface area contributed by atoms with Gasteiger partial charge < -0.3 is 19.7 Å². The molecule has 1 N–H and O–H groups in total. The zero-order valence-corrected chi connectivity index (χ0v) is 24.4. The number of rotatable bonds is 9. The summed E-state index contributed by atoms with van der Waals surface area (Å²) < 4.78 is 99.7. The van der Waals surface area contributed by atoms with Crippen LogP contribution in [0.4, 0.5) is 27.1 Å². The summed E-state index contributed by atoms with van der Waals surface area (Å²) in [6.45, 7) is -3.27. The summed E-state index contributed by atoms with van der Waals surface area (Å²) in [5, 5.41) is 3.09. The number of hydrogen-bond donors (Lipinski definition) is 1. The van der Waals surface area contributed by atoms with Gasteiger partial charge in [-0.3, -0.25) is 4.79 Å². The molecule has 4 aromatic rings. The van der Waals surface area contributed by atoms with Crippen molar-refractivity contribution < 1.29 is 44.6 Å². The number of carbonyl (C=O) groups is 1. The van der Waals surface area contributed by atoms with Crippen molar-refractivity contribution in [3.63, 3.8) is 0 Å². The zero-order chi connectivity index (χ0) is 31.6. The van der Waals surface area contributed by atoms with Crippen LogP contribution in [0.3, 0.4) is 0 Å². The van der Waals surface area contributed by atoms with E-state index in [2.05, 4.69) is 29.7 Å². The van der Waals surface area contributed by atoms with Crippen LogP contribution in [-0.4, -0.2) is 72.2 Å². The molecule has 11 nitrogen and oxygen atoms in total. The number of thiazole rings is 1. The second-order valence-electron chi connectivity index (χ2n) is 9.16. The summed E-state index contributed by atoms with van der Waals surface area (Å²) in [6.07, 6.45) is -3.48. The standard InChI is InChI=1S/C25H20ClF5N6O5S2/c26-22-33-12-19-20(34-22)35-24(43-19)36-9-10-37(44(39,40)17-7-5-16(6-8-17)42-25(29,30)31)18(13-36)21(38)32-11-14-1-3-15(4-2-14)41-23(27)28/h1-8,12,18,23H,9-11,13H2,(H,32,38)/t18-/m1/s1. The van der Waals surface area contributed by atoms with E-state index in [1.807, 2.05) is 0 Å². The molecular formula is C25H20ClF5N6O5S2. The fourth-order valence-corrected chi connectivity index (χ4v) is 6.94. The van der Waals surface area contributed by atoms with Crippen molar-refractivity contribution in [1.29, 1.82) is 0 Å². The van der Waals surface area contributed by atoms with Gasteiger partial charge in [-0.2, -0.15) is 23.1 Å². The maximum absolute atomic E-state index is 13.7. The highest BCUT2D eigenvalue weighted by molar-refractivity contribution is 7.89. The van der Waals surface area contributed by atoms with Crippen molar-refractivity contribution in [2.45, 2.75) is 30.5 Å². The van der Waals surface area contributed by atoms with Crippen LogP contribution in [0.15, 0.2) is 59.6 Å². The summed E-state index contributed by atoms with van der Waals surface area (Å²) in [6, 6.07) is 7.83. The number of fused-ring (bicyclic) bond motifs is 1. The molecule has 0 radical (unpaired) electrons. The molecule has 0 spiro atoms. The summed E-state index contributed by atoms with van der Waals surface area (Å²) in [4.78, 5) is 27.3. The highest BCUT2D eigenvalue weighted by atomic mass is 35.5. The molecule has 0 bridgehead atoms. The van der Waals surface area contributed by atoms with E-state index in [0.717, 1.165) is 28.6 Å². The molecule has 1 aliphatic heterocycles. The van der Waals surface area contributed by atoms with Gasteiger partial charge in [0, 0.05) is 26.2 Å². The van der Waals surface area contributed by atoms with Gasteiger partial charge >= 0.3 is 13.0 Å². The molecule has 234 valence electrons. The van der Waals surface area contributed by atoms with Crippen molar-refractivity contribution in [2.75, 3.05) is 24.5 Å². The molecule has 1 saturated heterocycles. The third-order valence-electron chi connectivity index (χ3n) is 6.29. The minimum Gasteiger partial charge on any atom is -0.435 e. The van der Waals surface area contributed by atoms with E-state index in [0.29, 0.717) is 21.0 Å². The molecule has 1 fully saturated rings. The van der Waals surface area contributed by atoms with Gasteiger partial charge in [-0.05, 0) is 53.6 Å². The van der Waals surface area contributed by atoms with Crippen LogP contribution in [0.25, 0.3) is 10.3 Å². The SMILES string of the molecule is O=C(NCc1ccc(OC(F)F)cc1)[C@H]1CN(c2nc3nc(Cl)ncc3s2)CCN1S(=O)(=O)c1ccc(OC(F)(F)F)cc1. The molecule has 2 aromatic heterocycles. The molecular weight excluding hydrogens is 659 g/mol. The number of anilines is 1. The Kier molecular flexibility index (Phi) is 9.05. The average Bonchev–Trinajstić information content (AvgIpc) is 3.39. The Morgan fingerprint density at radius 3 is 2.41 bits per heavy atom. The third-order valence-corrected chi connectivity index (χ3v) is 9.44. The number of halogens is 6. The highest BCUT2D eigenvalue weighted by Gasteiger charge is 2.41. The Bertz CT molecular complexity index is 1740. The molecule has 3 heterocycles. The molecule has 0 unspecified atom stereocenters. The topological polar surface area (TPSA) is 127 Å². The normalized spacial score (nSPS) is 16.3. The van der Waals surface area contributed by atoms with Crippen molar-refractivity contribution in [2.24, 2.45) is 0 Å². The van der Waals surface area contributed by atoms with Crippen molar-refractivity contribution in [3.8, 4) is 11.5 Å². The van der Waals surface area contributed by atoms with Crippen molar-refractivity contribution >= 4 is 54.3 Å². The number of ether oxygens (including phenoxy) is 2. The van der Waals surface area contributed by atoms with Crippen LogP contribution in [0.2, 0.25) is 5.28 Å². The zero-order valence-electron chi connectivity index (χ0n) is 22.0. The van der Waals surface area contributed by atoms with Gasteiger partial charge in [0.15, 0.2) is 10.8 Å². The summed E-state index contributed by atoms with van der Waals surface area (Å²) in [5.41, 5.74) is 0.838. The summed E-state index contributed by atoms with van der Waals surface area (Å²) in [5.74, 6) is -1.38. The van der Waals surface area contributed by atoms with E-state index in [-0.39, 0.29) is 42.1 Å². The Labute approximate surface area is 255 Å². The Morgan fingerprint density at radius 2 is 1.75 bits per heavy atom. The number of sulfonamides is 1. The molecule has 44 heavy (non-hydrogen) atoms. The van der Waals surface area contributed by atoms with Gasteiger partial charge in [0.2, 0.25) is 21.2 Å². The van der Waals surface area contributed by atoms with Crippen LogP contribution in [-0.2, 0) is 21.4 Å². The second-order valence-corrected chi connectivity index (χ2v) is 12.4.